The molecule has 0 aromatic carbocycles. The summed E-state index contributed by atoms with van der Waals surface area (Å²) in [7, 11) is 0. The second-order valence-corrected chi connectivity index (χ2v) is 4.73. The lowest BCUT2D eigenvalue weighted by molar-refractivity contribution is 0.466. The van der Waals surface area contributed by atoms with E-state index < -0.39 is 0 Å². The second kappa shape index (κ2) is 13.7. The summed E-state index contributed by atoms with van der Waals surface area (Å²) in [5.41, 5.74) is 1.41. The average molecular weight is 212 g/mol. The van der Waals surface area contributed by atoms with Crippen molar-refractivity contribution in [3.63, 3.8) is 0 Å². The molecule has 0 N–H and O–H groups in total. The van der Waals surface area contributed by atoms with Crippen LogP contribution in [0.3, 0.4) is 0 Å². The Morgan fingerprint density at radius 3 is 1.87 bits per heavy atom. The monoisotopic (exact) mass is 212 g/mol. The van der Waals surface area contributed by atoms with Gasteiger partial charge in [0.05, 0.1) is 0 Å². The van der Waals surface area contributed by atoms with Gasteiger partial charge < -0.3 is 0 Å². The highest BCUT2D eigenvalue weighted by Crippen LogP contribution is 2.12. The zero-order valence-corrected chi connectivity index (χ0v) is 11.9. The average Bonchev–Trinajstić information content (AvgIpc) is 2.16. The van der Waals surface area contributed by atoms with Gasteiger partial charge in [-0.25, -0.2) is 0 Å². The zero-order chi connectivity index (χ0) is 12.1. The number of allylic oxidation sites excluding steroid dienone is 2. The van der Waals surface area contributed by atoms with E-state index in [0.717, 1.165) is 5.92 Å². The molecule has 0 saturated carbocycles. The maximum atomic E-state index is 2.36. The first-order chi connectivity index (χ1) is 7.08. The van der Waals surface area contributed by atoms with Crippen LogP contribution in [-0.2, 0) is 0 Å². The van der Waals surface area contributed by atoms with Crippen molar-refractivity contribution < 1.29 is 0 Å². The second-order valence-electron chi connectivity index (χ2n) is 4.73. The summed E-state index contributed by atoms with van der Waals surface area (Å²) in [5, 5.41) is 0. The molecule has 0 aliphatic rings. The third kappa shape index (κ3) is 20.0. The highest BCUT2D eigenvalue weighted by Gasteiger charge is 1.97. The van der Waals surface area contributed by atoms with Crippen molar-refractivity contribution in [1.82, 2.24) is 0 Å². The normalized spacial score (nSPS) is 11.3. The number of unbranched alkanes of at least 4 members (excludes halogenated alkanes) is 1. The maximum absolute atomic E-state index is 2.36. The van der Waals surface area contributed by atoms with E-state index in [9.17, 15) is 0 Å². The van der Waals surface area contributed by atoms with Crippen LogP contribution in [0.2, 0.25) is 0 Å². The van der Waals surface area contributed by atoms with E-state index in [1.54, 1.807) is 0 Å². The van der Waals surface area contributed by atoms with Crippen molar-refractivity contribution in [3.8, 4) is 0 Å². The summed E-state index contributed by atoms with van der Waals surface area (Å²) in [6, 6.07) is 0. The molecule has 0 fully saturated rings. The minimum absolute atomic E-state index is 0.968. The predicted molar refractivity (Wildman–Crippen MR) is 73.3 cm³/mol. The lowest BCUT2D eigenvalue weighted by Gasteiger charge is -2.07. The molecule has 1 unspecified atom stereocenters. The molecule has 0 aliphatic carbocycles. The lowest BCUT2D eigenvalue weighted by Crippen LogP contribution is -1.92. The van der Waals surface area contributed by atoms with Gasteiger partial charge in [-0.15, -0.1) is 0 Å². The molecule has 0 nitrogen and oxygen atoms in total. The molecule has 0 radical (unpaired) electrons. The van der Waals surface area contributed by atoms with E-state index >= 15 is 0 Å². The van der Waals surface area contributed by atoms with Crippen molar-refractivity contribution in [3.05, 3.63) is 11.6 Å². The van der Waals surface area contributed by atoms with Gasteiger partial charge in [-0.05, 0) is 26.2 Å². The molecule has 0 amide bonds. The highest BCUT2D eigenvalue weighted by atomic mass is 14.0. The SMILES string of the molecule is CCC=C(C)C.CCCCC(C)CCC. The topological polar surface area (TPSA) is 0 Å². The lowest BCUT2D eigenvalue weighted by atomic mass is 10.00. The quantitative estimate of drug-likeness (QED) is 0.475. The molecule has 0 heterocycles. The van der Waals surface area contributed by atoms with Gasteiger partial charge in [0, 0.05) is 0 Å². The van der Waals surface area contributed by atoms with Gasteiger partial charge in [-0.1, -0.05) is 71.4 Å². The molecule has 0 rings (SSSR count). The molecule has 0 aromatic rings. The van der Waals surface area contributed by atoms with Gasteiger partial charge in [0.2, 0.25) is 0 Å². The Labute approximate surface area is 98.2 Å². The smallest absolute Gasteiger partial charge is 0.0377 e. The summed E-state index contributed by atoms with van der Waals surface area (Å²) >= 11 is 0. The van der Waals surface area contributed by atoms with Gasteiger partial charge >= 0.3 is 0 Å². The van der Waals surface area contributed by atoms with Crippen molar-refractivity contribution in [2.45, 2.75) is 80.1 Å². The molecule has 1 atom stereocenters. The molecular formula is C15H32. The fraction of sp³-hybridized carbons (Fsp3) is 0.867. The first-order valence-electron chi connectivity index (χ1n) is 6.71. The van der Waals surface area contributed by atoms with Gasteiger partial charge in [0.1, 0.15) is 0 Å². The number of hydrogen-bond acceptors (Lipinski definition) is 0. The number of hydrogen-bond donors (Lipinski definition) is 0. The first kappa shape index (κ1) is 17.1. The van der Waals surface area contributed by atoms with Crippen molar-refractivity contribution >= 4 is 0 Å². The van der Waals surface area contributed by atoms with Gasteiger partial charge in [0.25, 0.3) is 0 Å². The fourth-order valence-corrected chi connectivity index (χ4v) is 1.60. The summed E-state index contributed by atoms with van der Waals surface area (Å²) in [4.78, 5) is 0. The Hall–Kier alpha value is -0.260. The molecule has 0 spiro atoms. The van der Waals surface area contributed by atoms with Crippen molar-refractivity contribution in [1.29, 1.82) is 0 Å². The Kier molecular flexibility index (Phi) is 15.7. The van der Waals surface area contributed by atoms with Crippen LogP contribution in [0.15, 0.2) is 11.6 Å². The fourth-order valence-electron chi connectivity index (χ4n) is 1.60. The summed E-state index contributed by atoms with van der Waals surface area (Å²) in [5.74, 6) is 0.968. The molecule has 0 saturated heterocycles. The summed E-state index contributed by atoms with van der Waals surface area (Å²) < 4.78 is 0. The Bertz CT molecular complexity index is 129. The molecule has 0 heteroatoms. The predicted octanol–water partition coefficient (Wildman–Crippen LogP) is 5.98. The van der Waals surface area contributed by atoms with Gasteiger partial charge in [0.15, 0.2) is 0 Å². The van der Waals surface area contributed by atoms with E-state index in [2.05, 4.69) is 47.6 Å². The Morgan fingerprint density at radius 1 is 1.00 bits per heavy atom. The third-order valence-corrected chi connectivity index (χ3v) is 2.44. The highest BCUT2D eigenvalue weighted by molar-refractivity contribution is 4.91. The largest absolute Gasteiger partial charge is 0.0862 e. The summed E-state index contributed by atoms with van der Waals surface area (Å²) in [6.45, 7) is 13.3. The standard InChI is InChI=1S/C9H20.C6H12/c1-4-6-8-9(3)7-5-2;1-4-5-6(2)3/h9H,4-8H2,1-3H3;5H,4H2,1-3H3. The van der Waals surface area contributed by atoms with Crippen LogP contribution in [0.4, 0.5) is 0 Å². The van der Waals surface area contributed by atoms with Crippen molar-refractivity contribution in [2.24, 2.45) is 5.92 Å². The van der Waals surface area contributed by atoms with E-state index in [-0.39, 0.29) is 0 Å². The van der Waals surface area contributed by atoms with Crippen LogP contribution in [0, 0.1) is 5.92 Å². The maximum Gasteiger partial charge on any atom is -0.0377 e. The molecular weight excluding hydrogens is 180 g/mol. The van der Waals surface area contributed by atoms with Crippen LogP contribution in [0.5, 0.6) is 0 Å². The Balaban J connectivity index is 0. The molecule has 0 aromatic heterocycles. The third-order valence-electron chi connectivity index (χ3n) is 2.44. The van der Waals surface area contributed by atoms with Crippen molar-refractivity contribution in [2.75, 3.05) is 0 Å². The number of rotatable bonds is 6. The minimum atomic E-state index is 0.968. The molecule has 92 valence electrons. The van der Waals surface area contributed by atoms with Crippen LogP contribution in [-0.4, -0.2) is 0 Å². The molecule has 0 aliphatic heterocycles. The van der Waals surface area contributed by atoms with Crippen LogP contribution < -0.4 is 0 Å². The van der Waals surface area contributed by atoms with Crippen LogP contribution >= 0.6 is 0 Å². The first-order valence-corrected chi connectivity index (χ1v) is 6.71. The van der Waals surface area contributed by atoms with Gasteiger partial charge in [-0.3, -0.25) is 0 Å². The Morgan fingerprint density at radius 2 is 1.60 bits per heavy atom. The van der Waals surface area contributed by atoms with Crippen LogP contribution in [0.1, 0.15) is 80.1 Å². The van der Waals surface area contributed by atoms with E-state index in [1.165, 1.54) is 44.1 Å². The minimum Gasteiger partial charge on any atom is -0.0862 e. The van der Waals surface area contributed by atoms with E-state index in [4.69, 9.17) is 0 Å². The van der Waals surface area contributed by atoms with Crippen LogP contribution in [0.25, 0.3) is 0 Å². The van der Waals surface area contributed by atoms with E-state index in [0.29, 0.717) is 0 Å². The zero-order valence-electron chi connectivity index (χ0n) is 11.9. The molecule has 0 bridgehead atoms. The van der Waals surface area contributed by atoms with Gasteiger partial charge in [-0.2, -0.15) is 0 Å². The molecule has 15 heavy (non-hydrogen) atoms. The van der Waals surface area contributed by atoms with E-state index in [1.807, 2.05) is 0 Å². The summed E-state index contributed by atoms with van der Waals surface area (Å²) in [6.07, 6.45) is 10.4.